The van der Waals surface area contributed by atoms with Crippen LogP contribution in [0.25, 0.3) is 0 Å². The minimum Gasteiger partial charge on any atom is -0.435 e. The molecular weight excluding hydrogens is 310 g/mol. The lowest BCUT2D eigenvalue weighted by Crippen LogP contribution is -2.02. The second-order valence-electron chi connectivity index (χ2n) is 2.82. The van der Waals surface area contributed by atoms with Crippen molar-refractivity contribution in [3.05, 3.63) is 22.7 Å². The van der Waals surface area contributed by atoms with Crippen molar-refractivity contribution in [3.63, 3.8) is 0 Å². The lowest BCUT2D eigenvalue weighted by Gasteiger charge is -2.07. The average Bonchev–Trinajstić information content (AvgIpc) is 2.32. The van der Waals surface area contributed by atoms with E-state index in [0.29, 0.717) is 10.2 Å². The summed E-state index contributed by atoms with van der Waals surface area (Å²) in [5.74, 6) is -0.0211. The van der Waals surface area contributed by atoms with Crippen molar-refractivity contribution in [3.8, 4) is 17.9 Å². The Morgan fingerprint density at radius 1 is 1.39 bits per heavy atom. The summed E-state index contributed by atoms with van der Waals surface area (Å²) in [6.45, 7) is -2.91. The molecule has 0 unspecified atom stereocenters. The quantitative estimate of drug-likeness (QED) is 0.684. The highest BCUT2D eigenvalue weighted by molar-refractivity contribution is 9.10. The zero-order chi connectivity index (χ0) is 13.5. The topological polar surface area (TPSA) is 81.2 Å². The number of nitrogens with one attached hydrogen (secondary N) is 1. The Hall–Kier alpha value is -2.19. The first kappa shape index (κ1) is 13.9. The van der Waals surface area contributed by atoms with Gasteiger partial charge in [0.25, 0.3) is 0 Å². The normalized spacial score (nSPS) is 9.22. The highest BCUT2D eigenvalue weighted by Crippen LogP contribution is 2.28. The van der Waals surface area contributed by atoms with Gasteiger partial charge in [0.2, 0.25) is 5.71 Å². The van der Waals surface area contributed by atoms with Crippen LogP contribution in [0.1, 0.15) is 0 Å². The number of ether oxygens (including phenoxy) is 1. The molecule has 0 amide bonds. The summed E-state index contributed by atoms with van der Waals surface area (Å²) in [6.07, 6.45) is 0. The lowest BCUT2D eigenvalue weighted by atomic mass is 10.3. The van der Waals surface area contributed by atoms with Gasteiger partial charge in [-0.05, 0) is 34.1 Å². The molecule has 1 aromatic carbocycles. The summed E-state index contributed by atoms with van der Waals surface area (Å²) < 4.78 is 28.5. The van der Waals surface area contributed by atoms with Gasteiger partial charge in [0.15, 0.2) is 0 Å². The summed E-state index contributed by atoms with van der Waals surface area (Å²) >= 11 is 3.11. The van der Waals surface area contributed by atoms with Crippen molar-refractivity contribution in [2.24, 2.45) is 5.10 Å². The van der Waals surface area contributed by atoms with Crippen molar-refractivity contribution in [2.45, 2.75) is 6.61 Å². The highest BCUT2D eigenvalue weighted by Gasteiger charge is 2.07. The van der Waals surface area contributed by atoms with E-state index in [1.165, 1.54) is 18.2 Å². The zero-order valence-electron chi connectivity index (χ0n) is 8.69. The van der Waals surface area contributed by atoms with Crippen LogP contribution in [0.2, 0.25) is 0 Å². The van der Waals surface area contributed by atoms with E-state index in [-0.39, 0.29) is 11.5 Å². The zero-order valence-corrected chi connectivity index (χ0v) is 10.3. The first-order valence-electron chi connectivity index (χ1n) is 4.45. The number of hydrogen-bond acceptors (Lipinski definition) is 5. The Bertz CT molecular complexity index is 532. The molecule has 0 bridgehead atoms. The Kier molecular flexibility index (Phi) is 5.03. The molecule has 8 heteroatoms. The van der Waals surface area contributed by atoms with Gasteiger partial charge in [0, 0.05) is 4.47 Å². The number of hydrogen-bond donors (Lipinski definition) is 1. The fourth-order valence-electron chi connectivity index (χ4n) is 0.954. The van der Waals surface area contributed by atoms with Crippen LogP contribution in [-0.4, -0.2) is 12.3 Å². The monoisotopic (exact) mass is 314 g/mol. The second-order valence-corrected chi connectivity index (χ2v) is 3.67. The van der Waals surface area contributed by atoms with Crippen molar-refractivity contribution < 1.29 is 13.5 Å². The largest absolute Gasteiger partial charge is 0.435 e. The Labute approximate surface area is 109 Å². The van der Waals surface area contributed by atoms with Crippen molar-refractivity contribution >= 4 is 27.3 Å². The van der Waals surface area contributed by atoms with Crippen molar-refractivity contribution in [2.75, 3.05) is 5.43 Å². The number of benzene rings is 1. The van der Waals surface area contributed by atoms with Crippen LogP contribution in [0.15, 0.2) is 27.8 Å². The summed E-state index contributed by atoms with van der Waals surface area (Å²) in [4.78, 5) is 0. The molecule has 0 saturated heterocycles. The fraction of sp³-hybridized carbons (Fsp3) is 0.100. The molecule has 0 heterocycles. The summed E-state index contributed by atoms with van der Waals surface area (Å²) in [5.41, 5.74) is 2.50. The molecule has 0 fully saturated rings. The first-order chi connectivity index (χ1) is 8.56. The molecule has 0 aliphatic heterocycles. The predicted molar refractivity (Wildman–Crippen MR) is 63.1 cm³/mol. The van der Waals surface area contributed by atoms with E-state index in [1.807, 2.05) is 0 Å². The number of rotatable bonds is 4. The molecule has 18 heavy (non-hydrogen) atoms. The van der Waals surface area contributed by atoms with E-state index in [1.54, 1.807) is 12.1 Å². The van der Waals surface area contributed by atoms with Gasteiger partial charge in [-0.1, -0.05) is 0 Å². The van der Waals surface area contributed by atoms with Crippen LogP contribution < -0.4 is 10.2 Å². The Morgan fingerprint density at radius 2 is 2.06 bits per heavy atom. The van der Waals surface area contributed by atoms with E-state index in [9.17, 15) is 8.78 Å². The van der Waals surface area contributed by atoms with Gasteiger partial charge in [0.05, 0.1) is 5.69 Å². The summed E-state index contributed by atoms with van der Waals surface area (Å²) in [7, 11) is 0. The van der Waals surface area contributed by atoms with Crippen LogP contribution in [0, 0.1) is 22.7 Å². The molecule has 0 aromatic heterocycles. The third-order valence-corrected chi connectivity index (χ3v) is 2.32. The number of nitrogens with zero attached hydrogens (tertiary/aromatic N) is 3. The van der Waals surface area contributed by atoms with Gasteiger partial charge in [-0.2, -0.15) is 24.4 Å². The molecular formula is C10H5BrF2N4O. The Morgan fingerprint density at radius 3 is 2.56 bits per heavy atom. The molecule has 0 atom stereocenters. The van der Waals surface area contributed by atoms with E-state index in [4.69, 9.17) is 10.5 Å². The van der Waals surface area contributed by atoms with Crippen molar-refractivity contribution in [1.82, 2.24) is 0 Å². The van der Waals surface area contributed by atoms with E-state index >= 15 is 0 Å². The lowest BCUT2D eigenvalue weighted by molar-refractivity contribution is -0.0498. The number of nitriles is 2. The van der Waals surface area contributed by atoms with Crippen LogP contribution in [-0.2, 0) is 0 Å². The minimum atomic E-state index is -2.91. The fourth-order valence-corrected chi connectivity index (χ4v) is 1.40. The number of alkyl halides is 2. The molecule has 0 aliphatic rings. The standard InChI is InChI=1S/C10H5BrF2N4O/c11-8-3-7(18-10(12)13)1-2-9(8)17-16-6(4-14)5-15/h1-3,10,17H. The number of hydrazone groups is 1. The third-order valence-electron chi connectivity index (χ3n) is 1.67. The molecule has 0 aliphatic carbocycles. The second kappa shape index (κ2) is 6.52. The van der Waals surface area contributed by atoms with Crippen LogP contribution >= 0.6 is 15.9 Å². The summed E-state index contributed by atoms with van der Waals surface area (Å²) in [6, 6.07) is 7.15. The average molecular weight is 315 g/mol. The number of anilines is 1. The van der Waals surface area contributed by atoms with Gasteiger partial charge >= 0.3 is 6.61 Å². The smallest absolute Gasteiger partial charge is 0.387 e. The molecule has 92 valence electrons. The van der Waals surface area contributed by atoms with E-state index in [0.717, 1.165) is 0 Å². The third kappa shape index (κ3) is 4.00. The van der Waals surface area contributed by atoms with E-state index < -0.39 is 6.61 Å². The van der Waals surface area contributed by atoms with E-state index in [2.05, 4.69) is 31.2 Å². The maximum atomic E-state index is 12.0. The first-order valence-corrected chi connectivity index (χ1v) is 5.24. The van der Waals surface area contributed by atoms with Gasteiger partial charge in [-0.3, -0.25) is 5.43 Å². The van der Waals surface area contributed by atoms with Gasteiger partial charge in [0.1, 0.15) is 17.9 Å². The molecule has 5 nitrogen and oxygen atoms in total. The van der Waals surface area contributed by atoms with Gasteiger partial charge in [-0.15, -0.1) is 0 Å². The maximum Gasteiger partial charge on any atom is 0.387 e. The molecule has 0 spiro atoms. The maximum absolute atomic E-state index is 12.0. The number of halogens is 3. The van der Waals surface area contributed by atoms with Gasteiger partial charge < -0.3 is 4.74 Å². The SMILES string of the molecule is N#CC(C#N)=NNc1ccc(OC(F)F)cc1Br. The molecule has 0 saturated carbocycles. The minimum absolute atomic E-state index is 0.0211. The van der Waals surface area contributed by atoms with Crippen LogP contribution in [0.4, 0.5) is 14.5 Å². The predicted octanol–water partition coefficient (Wildman–Crippen LogP) is 2.87. The molecule has 0 radical (unpaired) electrons. The highest BCUT2D eigenvalue weighted by atomic mass is 79.9. The summed E-state index contributed by atoms with van der Waals surface area (Å²) in [5, 5.41) is 20.4. The molecule has 1 aromatic rings. The van der Waals surface area contributed by atoms with Gasteiger partial charge in [-0.25, -0.2) is 0 Å². The molecule has 1 rings (SSSR count). The van der Waals surface area contributed by atoms with Crippen LogP contribution in [0.3, 0.4) is 0 Å². The van der Waals surface area contributed by atoms with Crippen molar-refractivity contribution in [1.29, 1.82) is 10.5 Å². The Balaban J connectivity index is 2.85. The molecule has 1 N–H and O–H groups in total. The van der Waals surface area contributed by atoms with Crippen LogP contribution in [0.5, 0.6) is 5.75 Å².